The highest BCUT2D eigenvalue weighted by atomic mass is 16.2. The molecule has 3 N–H and O–H groups in total. The fourth-order valence-corrected chi connectivity index (χ4v) is 3.43. The summed E-state index contributed by atoms with van der Waals surface area (Å²) >= 11 is 0. The average Bonchev–Trinajstić information content (AvgIpc) is 3.01. The van der Waals surface area contributed by atoms with Crippen LogP contribution in [0.3, 0.4) is 0 Å². The van der Waals surface area contributed by atoms with E-state index in [-0.39, 0.29) is 18.1 Å². The second kappa shape index (κ2) is 7.98. The number of nitrogens with zero attached hydrogens (tertiary/aromatic N) is 1. The lowest BCUT2D eigenvalue weighted by atomic mass is 9.89. The topological polar surface area (TPSA) is 77.2 Å². The summed E-state index contributed by atoms with van der Waals surface area (Å²) in [4.78, 5) is 28.6. The van der Waals surface area contributed by atoms with Crippen LogP contribution in [0.4, 0.5) is 4.79 Å². The van der Waals surface area contributed by atoms with Crippen LogP contribution in [0, 0.1) is 5.92 Å². The number of carbonyl (C=O) groups is 1. The summed E-state index contributed by atoms with van der Waals surface area (Å²) in [7, 11) is 2.11. The summed E-state index contributed by atoms with van der Waals surface area (Å²) in [5, 5.41) is 5.69. The highest BCUT2D eigenvalue weighted by molar-refractivity contribution is 5.73. The van der Waals surface area contributed by atoms with Gasteiger partial charge in [0.2, 0.25) is 0 Å². The molecule has 0 radical (unpaired) electrons. The minimum Gasteiger partial charge on any atom is -0.338 e. The first-order valence-electron chi connectivity index (χ1n) is 8.55. The number of nitrogens with one attached hydrogen (secondary N) is 3. The number of carbonyl (C=O) groups excluding carboxylic acids is 1. The third kappa shape index (κ3) is 4.48. The number of aromatic amines is 1. The molecule has 1 aromatic heterocycles. The predicted octanol–water partition coefficient (Wildman–Crippen LogP) is 1.52. The maximum Gasteiger partial charge on any atom is 0.315 e. The minimum atomic E-state index is -0.246. The van der Waals surface area contributed by atoms with E-state index in [4.69, 9.17) is 0 Å². The second-order valence-electron chi connectivity index (χ2n) is 6.59. The van der Waals surface area contributed by atoms with Crippen molar-refractivity contribution >= 4 is 6.03 Å². The number of amides is 2. The third-order valence-corrected chi connectivity index (χ3v) is 4.72. The molecule has 3 rings (SSSR count). The lowest BCUT2D eigenvalue weighted by Crippen LogP contribution is -2.40. The van der Waals surface area contributed by atoms with Crippen LogP contribution in [0.2, 0.25) is 0 Å². The third-order valence-electron chi connectivity index (χ3n) is 4.72. The van der Waals surface area contributed by atoms with Crippen LogP contribution in [0.1, 0.15) is 17.0 Å². The number of benzene rings is 1. The number of aromatic nitrogens is 1. The molecule has 2 aromatic rings. The second-order valence-corrected chi connectivity index (χ2v) is 6.59. The largest absolute Gasteiger partial charge is 0.338 e. The quantitative estimate of drug-likeness (QED) is 0.772. The van der Waals surface area contributed by atoms with Gasteiger partial charge in [0.15, 0.2) is 0 Å². The van der Waals surface area contributed by atoms with Gasteiger partial charge in [0.05, 0.1) is 0 Å². The van der Waals surface area contributed by atoms with Crippen LogP contribution in [-0.4, -0.2) is 42.6 Å². The molecule has 0 bridgehead atoms. The van der Waals surface area contributed by atoms with E-state index in [1.165, 1.54) is 5.56 Å². The van der Waals surface area contributed by atoms with E-state index in [1.807, 2.05) is 6.07 Å². The Balaban J connectivity index is 1.52. The molecule has 1 fully saturated rings. The first-order valence-corrected chi connectivity index (χ1v) is 8.55. The lowest BCUT2D eigenvalue weighted by Gasteiger charge is -2.19. The van der Waals surface area contributed by atoms with Crippen LogP contribution in [0.25, 0.3) is 0 Å². The molecular formula is C19H24N4O2. The van der Waals surface area contributed by atoms with Gasteiger partial charge in [-0.15, -0.1) is 0 Å². The SMILES string of the molecule is CN1C[C@@H](CNC(=O)NCc2ccc[nH]c2=O)[C@H](c2ccccc2)C1. The van der Waals surface area contributed by atoms with E-state index in [9.17, 15) is 9.59 Å². The van der Waals surface area contributed by atoms with Gasteiger partial charge in [-0.3, -0.25) is 4.79 Å². The molecule has 6 nitrogen and oxygen atoms in total. The molecule has 0 aliphatic carbocycles. The average molecular weight is 340 g/mol. The Morgan fingerprint density at radius 1 is 1.16 bits per heavy atom. The molecule has 2 amide bonds. The van der Waals surface area contributed by atoms with Gasteiger partial charge in [-0.05, 0) is 24.6 Å². The first-order chi connectivity index (χ1) is 12.1. The molecule has 1 aliphatic rings. The zero-order valence-corrected chi connectivity index (χ0v) is 14.4. The molecule has 2 atom stereocenters. The highest BCUT2D eigenvalue weighted by Gasteiger charge is 2.31. The number of likely N-dealkylation sites (N-methyl/N-ethyl adjacent to an activating group) is 1. The molecule has 6 heteroatoms. The van der Waals surface area contributed by atoms with Crippen LogP contribution in [0.15, 0.2) is 53.5 Å². The fraction of sp³-hybridized carbons (Fsp3) is 0.368. The normalized spacial score (nSPS) is 20.4. The van der Waals surface area contributed by atoms with Gasteiger partial charge in [0.25, 0.3) is 5.56 Å². The fourth-order valence-electron chi connectivity index (χ4n) is 3.43. The van der Waals surface area contributed by atoms with E-state index >= 15 is 0 Å². The van der Waals surface area contributed by atoms with Gasteiger partial charge in [0, 0.05) is 43.9 Å². The highest BCUT2D eigenvalue weighted by Crippen LogP contribution is 2.31. The van der Waals surface area contributed by atoms with Crippen molar-refractivity contribution in [2.24, 2.45) is 5.92 Å². The monoisotopic (exact) mass is 340 g/mol. The summed E-state index contributed by atoms with van der Waals surface area (Å²) in [6.45, 7) is 2.78. The van der Waals surface area contributed by atoms with Crippen LogP contribution in [-0.2, 0) is 6.54 Å². The molecule has 25 heavy (non-hydrogen) atoms. The summed E-state index contributed by atoms with van der Waals surface area (Å²) in [5.74, 6) is 0.793. The number of likely N-dealkylation sites (tertiary alicyclic amines) is 1. The molecule has 1 aromatic carbocycles. The molecular weight excluding hydrogens is 316 g/mol. The molecule has 1 saturated heterocycles. The Bertz CT molecular complexity index is 759. The minimum absolute atomic E-state index is 0.177. The van der Waals surface area contributed by atoms with E-state index in [2.05, 4.69) is 51.8 Å². The zero-order valence-electron chi connectivity index (χ0n) is 14.4. The van der Waals surface area contributed by atoms with Crippen LogP contribution < -0.4 is 16.2 Å². The van der Waals surface area contributed by atoms with E-state index < -0.39 is 0 Å². The Labute approximate surface area is 147 Å². The van der Waals surface area contributed by atoms with Crippen LogP contribution in [0.5, 0.6) is 0 Å². The Morgan fingerprint density at radius 3 is 2.72 bits per heavy atom. The lowest BCUT2D eigenvalue weighted by molar-refractivity contribution is 0.238. The smallest absolute Gasteiger partial charge is 0.315 e. The first kappa shape index (κ1) is 17.2. The number of hydrogen-bond donors (Lipinski definition) is 3. The van der Waals surface area contributed by atoms with E-state index in [0.29, 0.717) is 23.9 Å². The molecule has 1 aliphatic heterocycles. The maximum atomic E-state index is 12.1. The Hall–Kier alpha value is -2.60. The summed E-state index contributed by atoms with van der Waals surface area (Å²) in [6.07, 6.45) is 1.58. The van der Waals surface area contributed by atoms with E-state index in [0.717, 1.165) is 13.1 Å². The van der Waals surface area contributed by atoms with E-state index in [1.54, 1.807) is 18.3 Å². The molecule has 132 valence electrons. The summed E-state index contributed by atoms with van der Waals surface area (Å²) < 4.78 is 0. The standard InChI is InChI=1S/C19H24N4O2/c1-23-12-16(17(13-23)14-6-3-2-4-7-14)11-22-19(25)21-10-15-8-5-9-20-18(15)24/h2-9,16-17H,10-13H2,1H3,(H,20,24)(H2,21,22,25)/t16-,17+/m1/s1. The van der Waals surface area contributed by atoms with Gasteiger partial charge in [-0.25, -0.2) is 4.79 Å². The predicted molar refractivity (Wildman–Crippen MR) is 97.5 cm³/mol. The molecule has 0 unspecified atom stereocenters. The number of H-pyrrole nitrogens is 1. The van der Waals surface area contributed by atoms with Gasteiger partial charge in [0.1, 0.15) is 0 Å². The van der Waals surface area contributed by atoms with Crippen molar-refractivity contribution in [3.8, 4) is 0 Å². The van der Waals surface area contributed by atoms with Gasteiger partial charge >= 0.3 is 6.03 Å². The van der Waals surface area contributed by atoms with Crippen molar-refractivity contribution in [1.82, 2.24) is 20.5 Å². The molecule has 0 saturated carbocycles. The van der Waals surface area contributed by atoms with Crippen molar-refractivity contribution in [2.45, 2.75) is 12.5 Å². The van der Waals surface area contributed by atoms with Gasteiger partial charge in [-0.2, -0.15) is 0 Å². The Kier molecular flexibility index (Phi) is 5.50. The Morgan fingerprint density at radius 2 is 1.96 bits per heavy atom. The number of rotatable bonds is 5. The molecule has 0 spiro atoms. The molecule has 2 heterocycles. The summed E-state index contributed by atoms with van der Waals surface area (Å²) in [5.41, 5.74) is 1.68. The number of pyridine rings is 1. The number of hydrogen-bond acceptors (Lipinski definition) is 3. The number of urea groups is 1. The maximum absolute atomic E-state index is 12.1. The van der Waals surface area contributed by atoms with Crippen LogP contribution >= 0.6 is 0 Å². The summed E-state index contributed by atoms with van der Waals surface area (Å²) in [6, 6.07) is 13.6. The van der Waals surface area contributed by atoms with Crippen molar-refractivity contribution in [3.05, 3.63) is 70.1 Å². The van der Waals surface area contributed by atoms with Crippen molar-refractivity contribution < 1.29 is 4.79 Å². The van der Waals surface area contributed by atoms with Gasteiger partial charge in [-0.1, -0.05) is 36.4 Å². The van der Waals surface area contributed by atoms with Gasteiger partial charge < -0.3 is 20.5 Å². The zero-order chi connectivity index (χ0) is 17.6. The van der Waals surface area contributed by atoms with Crippen molar-refractivity contribution in [3.63, 3.8) is 0 Å². The van der Waals surface area contributed by atoms with Crippen molar-refractivity contribution in [2.75, 3.05) is 26.7 Å². The van der Waals surface area contributed by atoms with Crippen molar-refractivity contribution in [1.29, 1.82) is 0 Å².